The van der Waals surface area contributed by atoms with Gasteiger partial charge in [-0.15, -0.1) is 0 Å². The van der Waals surface area contributed by atoms with Crippen LogP contribution in [0.5, 0.6) is 11.5 Å². The van der Waals surface area contributed by atoms with Crippen molar-refractivity contribution in [1.29, 1.82) is 0 Å². The highest BCUT2D eigenvalue weighted by molar-refractivity contribution is 5.39. The molecule has 1 aromatic rings. The van der Waals surface area contributed by atoms with Gasteiger partial charge in [0, 0.05) is 7.11 Å². The fraction of sp³-hybridized carbons (Fsp3) is 0.500. The Morgan fingerprint density at radius 3 is 2.31 bits per heavy atom. The van der Waals surface area contributed by atoms with Crippen LogP contribution in [0.4, 0.5) is 0 Å². The fourth-order valence-corrected chi connectivity index (χ4v) is 1.30. The molecule has 1 aromatic carbocycles. The third-order valence-electron chi connectivity index (χ3n) is 1.98. The predicted octanol–water partition coefficient (Wildman–Crippen LogP) is 1.44. The van der Waals surface area contributed by atoms with Crippen LogP contribution in [0.2, 0.25) is 0 Å². The van der Waals surface area contributed by atoms with Gasteiger partial charge in [-0.2, -0.15) is 0 Å². The normalized spacial score (nSPS) is 12.2. The average Bonchev–Trinajstić information content (AvgIpc) is 2.29. The smallest absolute Gasteiger partial charge is 0.161 e. The summed E-state index contributed by atoms with van der Waals surface area (Å²) in [6.45, 7) is 3.45. The molecule has 16 heavy (non-hydrogen) atoms. The summed E-state index contributed by atoms with van der Waals surface area (Å²) in [4.78, 5) is 0. The summed E-state index contributed by atoms with van der Waals surface area (Å²) in [7, 11) is 1.62. The molecule has 0 aliphatic carbocycles. The Morgan fingerprint density at radius 1 is 1.12 bits per heavy atom. The Bertz CT molecular complexity index is 304. The van der Waals surface area contributed by atoms with Gasteiger partial charge in [0.1, 0.15) is 6.61 Å². The number of hydrogen-bond acceptors (Lipinski definition) is 4. The van der Waals surface area contributed by atoms with Crippen LogP contribution < -0.4 is 15.2 Å². The van der Waals surface area contributed by atoms with Crippen molar-refractivity contribution in [2.45, 2.75) is 13.0 Å². The molecule has 0 spiro atoms. The average molecular weight is 225 g/mol. The van der Waals surface area contributed by atoms with E-state index in [1.54, 1.807) is 7.11 Å². The molecule has 0 heterocycles. The molecule has 0 aliphatic rings. The highest BCUT2D eigenvalue weighted by atomic mass is 16.5. The molecule has 0 radical (unpaired) electrons. The lowest BCUT2D eigenvalue weighted by Gasteiger charge is -2.14. The van der Waals surface area contributed by atoms with E-state index in [1.807, 2.05) is 31.2 Å². The Hall–Kier alpha value is -1.26. The molecule has 0 bridgehead atoms. The molecule has 2 N–H and O–H groups in total. The maximum Gasteiger partial charge on any atom is 0.161 e. The second-order valence-electron chi connectivity index (χ2n) is 3.41. The molecule has 0 saturated heterocycles. The minimum Gasteiger partial charge on any atom is -0.490 e. The lowest BCUT2D eigenvalue weighted by atomic mass is 10.3. The van der Waals surface area contributed by atoms with Crippen molar-refractivity contribution in [3.8, 4) is 11.5 Å². The standard InChI is InChI=1S/C12H19NO3/c1-3-15-11-6-4-5-7-12(11)16-9-10(13)8-14-2/h4-7,10H,3,8-9,13H2,1-2H3. The van der Waals surface area contributed by atoms with Crippen molar-refractivity contribution in [2.75, 3.05) is 26.9 Å². The maximum absolute atomic E-state index is 5.77. The predicted molar refractivity (Wildman–Crippen MR) is 63.0 cm³/mol. The summed E-state index contributed by atoms with van der Waals surface area (Å²) in [5.74, 6) is 1.46. The van der Waals surface area contributed by atoms with E-state index in [9.17, 15) is 0 Å². The van der Waals surface area contributed by atoms with Crippen LogP contribution >= 0.6 is 0 Å². The number of rotatable bonds is 7. The highest BCUT2D eigenvalue weighted by Crippen LogP contribution is 2.26. The van der Waals surface area contributed by atoms with Gasteiger partial charge in [-0.25, -0.2) is 0 Å². The lowest BCUT2D eigenvalue weighted by molar-refractivity contribution is 0.151. The van der Waals surface area contributed by atoms with Gasteiger partial charge in [0.05, 0.1) is 19.3 Å². The molecule has 1 atom stereocenters. The molecular weight excluding hydrogens is 206 g/mol. The molecule has 0 amide bonds. The van der Waals surface area contributed by atoms with E-state index in [4.69, 9.17) is 19.9 Å². The topological polar surface area (TPSA) is 53.7 Å². The molecule has 0 saturated carbocycles. The Balaban J connectivity index is 2.52. The summed E-state index contributed by atoms with van der Waals surface area (Å²) in [6, 6.07) is 7.43. The van der Waals surface area contributed by atoms with Gasteiger partial charge in [-0.1, -0.05) is 12.1 Å². The van der Waals surface area contributed by atoms with E-state index in [0.717, 1.165) is 11.5 Å². The van der Waals surface area contributed by atoms with Crippen LogP contribution in [-0.4, -0.2) is 33.0 Å². The van der Waals surface area contributed by atoms with Crippen LogP contribution in [0, 0.1) is 0 Å². The lowest BCUT2D eigenvalue weighted by Crippen LogP contribution is -2.32. The molecule has 0 fully saturated rings. The van der Waals surface area contributed by atoms with Crippen molar-refractivity contribution >= 4 is 0 Å². The molecule has 0 aromatic heterocycles. The monoisotopic (exact) mass is 225 g/mol. The van der Waals surface area contributed by atoms with Crippen LogP contribution in [0.1, 0.15) is 6.92 Å². The van der Waals surface area contributed by atoms with Crippen LogP contribution in [-0.2, 0) is 4.74 Å². The minimum atomic E-state index is -0.125. The largest absolute Gasteiger partial charge is 0.490 e. The zero-order valence-electron chi connectivity index (χ0n) is 9.81. The van der Waals surface area contributed by atoms with Gasteiger partial charge in [0.2, 0.25) is 0 Å². The first-order valence-corrected chi connectivity index (χ1v) is 5.37. The first kappa shape index (κ1) is 12.8. The molecule has 4 nitrogen and oxygen atoms in total. The molecule has 4 heteroatoms. The van der Waals surface area contributed by atoms with Gasteiger partial charge in [-0.05, 0) is 19.1 Å². The van der Waals surface area contributed by atoms with Crippen molar-refractivity contribution in [1.82, 2.24) is 0 Å². The molecular formula is C12H19NO3. The molecule has 1 unspecified atom stereocenters. The van der Waals surface area contributed by atoms with E-state index in [2.05, 4.69) is 0 Å². The van der Waals surface area contributed by atoms with Crippen molar-refractivity contribution < 1.29 is 14.2 Å². The van der Waals surface area contributed by atoms with Gasteiger partial charge >= 0.3 is 0 Å². The Kier molecular flexibility index (Phi) is 5.67. The van der Waals surface area contributed by atoms with E-state index in [0.29, 0.717) is 19.8 Å². The first-order valence-electron chi connectivity index (χ1n) is 5.37. The SMILES string of the molecule is CCOc1ccccc1OCC(N)COC. The summed E-state index contributed by atoms with van der Waals surface area (Å²) < 4.78 is 15.9. The van der Waals surface area contributed by atoms with Gasteiger partial charge in [-0.3, -0.25) is 0 Å². The number of para-hydroxylation sites is 2. The van der Waals surface area contributed by atoms with Crippen molar-refractivity contribution in [3.05, 3.63) is 24.3 Å². The third-order valence-corrected chi connectivity index (χ3v) is 1.98. The summed E-state index contributed by atoms with van der Waals surface area (Å²) in [5, 5.41) is 0. The van der Waals surface area contributed by atoms with E-state index >= 15 is 0 Å². The second-order valence-corrected chi connectivity index (χ2v) is 3.41. The van der Waals surface area contributed by atoms with E-state index < -0.39 is 0 Å². The maximum atomic E-state index is 5.77. The summed E-state index contributed by atoms with van der Waals surface area (Å²) >= 11 is 0. The summed E-state index contributed by atoms with van der Waals surface area (Å²) in [6.07, 6.45) is 0. The third kappa shape index (κ3) is 4.08. The second kappa shape index (κ2) is 7.09. The number of benzene rings is 1. The van der Waals surface area contributed by atoms with E-state index in [-0.39, 0.29) is 6.04 Å². The number of ether oxygens (including phenoxy) is 3. The van der Waals surface area contributed by atoms with Crippen molar-refractivity contribution in [2.24, 2.45) is 5.73 Å². The molecule has 1 rings (SSSR count). The van der Waals surface area contributed by atoms with Gasteiger partial charge in [0.15, 0.2) is 11.5 Å². The van der Waals surface area contributed by atoms with Crippen LogP contribution in [0.3, 0.4) is 0 Å². The highest BCUT2D eigenvalue weighted by Gasteiger charge is 2.06. The van der Waals surface area contributed by atoms with Crippen LogP contribution in [0.15, 0.2) is 24.3 Å². The summed E-state index contributed by atoms with van der Waals surface area (Å²) in [5.41, 5.74) is 5.77. The van der Waals surface area contributed by atoms with Crippen LogP contribution in [0.25, 0.3) is 0 Å². The Labute approximate surface area is 96.3 Å². The Morgan fingerprint density at radius 2 is 1.75 bits per heavy atom. The number of hydrogen-bond donors (Lipinski definition) is 1. The number of nitrogens with two attached hydrogens (primary N) is 1. The number of methoxy groups -OCH3 is 1. The van der Waals surface area contributed by atoms with E-state index in [1.165, 1.54) is 0 Å². The molecule has 0 aliphatic heterocycles. The zero-order chi connectivity index (χ0) is 11.8. The quantitative estimate of drug-likeness (QED) is 0.763. The zero-order valence-corrected chi connectivity index (χ0v) is 9.81. The fourth-order valence-electron chi connectivity index (χ4n) is 1.30. The van der Waals surface area contributed by atoms with Crippen molar-refractivity contribution in [3.63, 3.8) is 0 Å². The first-order chi connectivity index (χ1) is 7.77. The molecule has 90 valence electrons. The van der Waals surface area contributed by atoms with Gasteiger partial charge in [0.25, 0.3) is 0 Å². The van der Waals surface area contributed by atoms with Gasteiger partial charge < -0.3 is 19.9 Å². The minimum absolute atomic E-state index is 0.125.